The summed E-state index contributed by atoms with van der Waals surface area (Å²) in [4.78, 5) is 19.2. The van der Waals surface area contributed by atoms with Gasteiger partial charge < -0.3 is 14.8 Å². The first-order chi connectivity index (χ1) is 15.7. The Balaban J connectivity index is 1.31. The van der Waals surface area contributed by atoms with Gasteiger partial charge in [0.25, 0.3) is 0 Å². The van der Waals surface area contributed by atoms with Crippen LogP contribution in [-0.4, -0.2) is 51.9 Å². The van der Waals surface area contributed by atoms with Crippen LogP contribution in [0, 0.1) is 0 Å². The van der Waals surface area contributed by atoms with Crippen LogP contribution in [-0.2, 0) is 4.79 Å². The third-order valence-corrected chi connectivity index (χ3v) is 6.00. The molecule has 1 fully saturated rings. The van der Waals surface area contributed by atoms with E-state index in [0.717, 1.165) is 42.9 Å². The number of carbonyl (C=O) groups excluding carboxylic acids is 1. The molecule has 0 radical (unpaired) electrons. The number of nitrogens with one attached hydrogen (secondary N) is 1. The van der Waals surface area contributed by atoms with Crippen LogP contribution < -0.4 is 14.8 Å². The van der Waals surface area contributed by atoms with Crippen molar-refractivity contribution in [3.05, 3.63) is 59.6 Å². The number of anilines is 1. The molecule has 9 heteroatoms. The van der Waals surface area contributed by atoms with Crippen LogP contribution in [0.2, 0.25) is 5.02 Å². The van der Waals surface area contributed by atoms with Crippen molar-refractivity contribution in [2.24, 2.45) is 0 Å². The second-order valence-corrected chi connectivity index (χ2v) is 8.37. The Hall–Kier alpha value is -3.10. The normalized spacial score (nSPS) is 18.3. The number of carbonyl (C=O) groups is 1. The molecule has 2 aliphatic heterocycles. The summed E-state index contributed by atoms with van der Waals surface area (Å²) < 4.78 is 13.2. The molecule has 8 nitrogen and oxygen atoms in total. The Morgan fingerprint density at radius 2 is 2.00 bits per heavy atom. The summed E-state index contributed by atoms with van der Waals surface area (Å²) >= 11 is 6.18. The fourth-order valence-electron chi connectivity index (χ4n) is 4.29. The highest BCUT2D eigenvalue weighted by Crippen LogP contribution is 2.37. The predicted octanol–water partition coefficient (Wildman–Crippen LogP) is 3.86. The van der Waals surface area contributed by atoms with Gasteiger partial charge in [0.15, 0.2) is 11.5 Å². The van der Waals surface area contributed by atoms with Crippen LogP contribution in [0.4, 0.5) is 5.69 Å². The van der Waals surface area contributed by atoms with Crippen LogP contribution in [0.5, 0.6) is 11.5 Å². The molecule has 0 bridgehead atoms. The molecule has 1 saturated heterocycles. The minimum Gasteiger partial charge on any atom is -0.490 e. The van der Waals surface area contributed by atoms with Gasteiger partial charge in [-0.1, -0.05) is 17.7 Å². The first-order valence-corrected chi connectivity index (χ1v) is 11.1. The number of hydrogen-bond donors (Lipinski definition) is 1. The highest BCUT2D eigenvalue weighted by Gasteiger charge is 2.29. The zero-order chi connectivity index (χ0) is 21.9. The number of nitrogens with zero attached hydrogens (tertiary/aromatic N) is 4. The molecule has 1 N–H and O–H groups in total. The molecule has 166 valence electrons. The van der Waals surface area contributed by atoms with Crippen LogP contribution in [0.3, 0.4) is 0 Å². The zero-order valence-electron chi connectivity index (χ0n) is 17.5. The van der Waals surface area contributed by atoms with Gasteiger partial charge in [0.1, 0.15) is 12.7 Å². The Kier molecular flexibility index (Phi) is 5.96. The van der Waals surface area contributed by atoms with Crippen molar-refractivity contribution in [3.63, 3.8) is 0 Å². The maximum Gasteiger partial charge on any atom is 0.238 e. The van der Waals surface area contributed by atoms with Gasteiger partial charge in [0.05, 0.1) is 31.1 Å². The van der Waals surface area contributed by atoms with Crippen LogP contribution in [0.15, 0.2) is 49.1 Å². The van der Waals surface area contributed by atoms with Crippen molar-refractivity contribution >= 4 is 23.2 Å². The van der Waals surface area contributed by atoms with E-state index in [0.29, 0.717) is 29.6 Å². The van der Waals surface area contributed by atoms with Gasteiger partial charge >= 0.3 is 0 Å². The van der Waals surface area contributed by atoms with Gasteiger partial charge in [-0.05, 0) is 55.3 Å². The van der Waals surface area contributed by atoms with Crippen LogP contribution in [0.25, 0.3) is 5.69 Å². The van der Waals surface area contributed by atoms with Crippen molar-refractivity contribution in [1.82, 2.24) is 19.7 Å². The highest BCUT2D eigenvalue weighted by atomic mass is 35.5. The van der Waals surface area contributed by atoms with E-state index in [9.17, 15) is 4.79 Å². The molecule has 3 heterocycles. The van der Waals surface area contributed by atoms with Crippen molar-refractivity contribution < 1.29 is 14.3 Å². The molecule has 5 rings (SSSR count). The average molecular weight is 454 g/mol. The lowest BCUT2D eigenvalue weighted by Crippen LogP contribution is -2.33. The second-order valence-electron chi connectivity index (χ2n) is 7.93. The third kappa shape index (κ3) is 4.42. The fraction of sp³-hybridized carbons (Fsp3) is 0.348. The Labute approximate surface area is 191 Å². The lowest BCUT2D eigenvalue weighted by atomic mass is 10.0. The van der Waals surface area contributed by atoms with Gasteiger partial charge in [-0.2, -0.15) is 5.10 Å². The number of rotatable bonds is 5. The number of halogens is 1. The lowest BCUT2D eigenvalue weighted by molar-refractivity contribution is -0.117. The molecule has 1 atom stereocenters. The molecule has 1 amide bonds. The van der Waals surface area contributed by atoms with E-state index >= 15 is 0 Å². The number of hydrogen-bond acceptors (Lipinski definition) is 6. The average Bonchev–Trinajstić information content (AvgIpc) is 3.41. The molecule has 1 aromatic heterocycles. The van der Waals surface area contributed by atoms with Crippen molar-refractivity contribution in [2.75, 3.05) is 31.6 Å². The van der Waals surface area contributed by atoms with Crippen LogP contribution in [0.1, 0.15) is 30.9 Å². The summed E-state index contributed by atoms with van der Waals surface area (Å²) in [6.07, 6.45) is 5.94. The molecular weight excluding hydrogens is 430 g/mol. The fourth-order valence-corrected chi connectivity index (χ4v) is 4.47. The minimum atomic E-state index is -0.102. The van der Waals surface area contributed by atoms with E-state index in [1.165, 1.54) is 6.33 Å². The summed E-state index contributed by atoms with van der Waals surface area (Å²) in [7, 11) is 0. The lowest BCUT2D eigenvalue weighted by Gasteiger charge is -2.25. The molecule has 3 aromatic rings. The highest BCUT2D eigenvalue weighted by molar-refractivity contribution is 6.31. The SMILES string of the molecule is O=C(CN1CCCC1c1ccc2c(c1)OCCCO2)Nc1cc(Cl)ccc1-n1cncn1. The number of aromatic nitrogens is 3. The van der Waals surface area contributed by atoms with E-state index in [1.807, 2.05) is 12.1 Å². The molecular formula is C23H24ClN5O3. The smallest absolute Gasteiger partial charge is 0.238 e. The van der Waals surface area contributed by atoms with E-state index in [2.05, 4.69) is 32.4 Å². The molecule has 0 aliphatic carbocycles. The van der Waals surface area contributed by atoms with Gasteiger partial charge in [0, 0.05) is 17.5 Å². The topological polar surface area (TPSA) is 81.5 Å². The van der Waals surface area contributed by atoms with Gasteiger partial charge in [-0.15, -0.1) is 0 Å². The predicted molar refractivity (Wildman–Crippen MR) is 121 cm³/mol. The molecule has 0 saturated carbocycles. The zero-order valence-corrected chi connectivity index (χ0v) is 18.3. The first-order valence-electron chi connectivity index (χ1n) is 10.8. The van der Waals surface area contributed by atoms with Gasteiger partial charge in [0.2, 0.25) is 5.91 Å². The standard InChI is InChI=1S/C23H24ClN5O3/c24-17-5-6-20(29-15-25-14-26-29)18(12-17)27-23(30)13-28-8-1-3-19(28)16-4-7-21-22(11-16)32-10-2-9-31-21/h4-7,11-12,14-15,19H,1-3,8-10,13H2,(H,27,30). The number of likely N-dealkylation sites (tertiary alicyclic amines) is 1. The summed E-state index contributed by atoms with van der Waals surface area (Å²) in [6, 6.07) is 11.6. The van der Waals surface area contributed by atoms with Crippen molar-refractivity contribution in [3.8, 4) is 17.2 Å². The molecule has 32 heavy (non-hydrogen) atoms. The molecule has 2 aliphatic rings. The Bertz CT molecular complexity index is 1110. The summed E-state index contributed by atoms with van der Waals surface area (Å²) in [5.74, 6) is 1.47. The quantitative estimate of drug-likeness (QED) is 0.631. The molecule has 1 unspecified atom stereocenters. The molecule has 2 aromatic carbocycles. The van der Waals surface area contributed by atoms with Crippen molar-refractivity contribution in [1.29, 1.82) is 0 Å². The largest absolute Gasteiger partial charge is 0.490 e. The van der Waals surface area contributed by atoms with E-state index in [1.54, 1.807) is 23.1 Å². The summed E-state index contributed by atoms with van der Waals surface area (Å²) in [5, 5.41) is 7.70. The van der Waals surface area contributed by atoms with Gasteiger partial charge in [-0.3, -0.25) is 9.69 Å². The van der Waals surface area contributed by atoms with Crippen molar-refractivity contribution in [2.45, 2.75) is 25.3 Å². The summed E-state index contributed by atoms with van der Waals surface area (Å²) in [5.41, 5.74) is 2.45. The molecule has 0 spiro atoms. The maximum absolute atomic E-state index is 13.0. The number of fused-ring (bicyclic) bond motifs is 1. The number of amides is 1. The second kappa shape index (κ2) is 9.18. The van der Waals surface area contributed by atoms with Gasteiger partial charge in [-0.25, -0.2) is 9.67 Å². The van der Waals surface area contributed by atoms with E-state index in [-0.39, 0.29) is 18.5 Å². The monoisotopic (exact) mass is 453 g/mol. The third-order valence-electron chi connectivity index (χ3n) is 5.76. The number of benzene rings is 2. The van der Waals surface area contributed by atoms with Crippen LogP contribution >= 0.6 is 11.6 Å². The first kappa shape index (κ1) is 20.8. The van der Waals surface area contributed by atoms with E-state index < -0.39 is 0 Å². The Morgan fingerprint density at radius 1 is 1.12 bits per heavy atom. The Morgan fingerprint density at radius 3 is 2.84 bits per heavy atom. The summed E-state index contributed by atoms with van der Waals surface area (Å²) in [6.45, 7) is 2.46. The maximum atomic E-state index is 13.0. The van der Waals surface area contributed by atoms with E-state index in [4.69, 9.17) is 21.1 Å². The minimum absolute atomic E-state index is 0.102. The number of ether oxygens (including phenoxy) is 2.